The molecule has 0 saturated carbocycles. The standard InChI is InChI=1S/C10H8ClF3N2O2S/c11-19(18)7-3-6-5-16(9(17)10(12,13)14)2-1-8(6)15-4-7/h3-4H,1-2,5H2. The van der Waals surface area contributed by atoms with Crippen molar-refractivity contribution in [2.45, 2.75) is 24.0 Å². The topological polar surface area (TPSA) is 56.3 Å². The van der Waals surface area contributed by atoms with Crippen molar-refractivity contribution < 1.29 is 22.5 Å². The van der Waals surface area contributed by atoms with Crippen molar-refractivity contribution >= 4 is 27.0 Å². The molecule has 0 spiro atoms. The Morgan fingerprint density at radius 2 is 2.21 bits per heavy atom. The highest BCUT2D eigenvalue weighted by molar-refractivity contribution is 8.13. The van der Waals surface area contributed by atoms with Gasteiger partial charge in [-0.05, 0) is 5.56 Å². The molecule has 0 fully saturated rings. The molecule has 1 aromatic heterocycles. The van der Waals surface area contributed by atoms with Gasteiger partial charge < -0.3 is 9.45 Å². The minimum absolute atomic E-state index is 0.0400. The van der Waals surface area contributed by atoms with Crippen molar-refractivity contribution in [3.05, 3.63) is 23.5 Å². The third-order valence-electron chi connectivity index (χ3n) is 2.73. The molecule has 2 rings (SSSR count). The summed E-state index contributed by atoms with van der Waals surface area (Å²) in [6, 6.07) is 1.42. The van der Waals surface area contributed by atoms with Gasteiger partial charge >= 0.3 is 12.1 Å². The second-order valence-corrected chi connectivity index (χ2v) is 5.73. The molecule has 0 radical (unpaired) electrons. The molecule has 0 bridgehead atoms. The summed E-state index contributed by atoms with van der Waals surface area (Å²) in [5, 5.41) is 0. The van der Waals surface area contributed by atoms with E-state index in [1.54, 1.807) is 0 Å². The molecule has 1 aromatic rings. The van der Waals surface area contributed by atoms with Gasteiger partial charge in [-0.1, -0.05) is 0 Å². The van der Waals surface area contributed by atoms with Gasteiger partial charge in [0, 0.05) is 31.3 Å². The van der Waals surface area contributed by atoms with Crippen LogP contribution in [0, 0.1) is 0 Å². The number of carbonyl (C=O) groups excluding carboxylic acids is 1. The second kappa shape index (κ2) is 5.18. The van der Waals surface area contributed by atoms with Crippen molar-refractivity contribution in [2.75, 3.05) is 6.54 Å². The van der Waals surface area contributed by atoms with Gasteiger partial charge in [0.1, 0.15) is 10.4 Å². The van der Waals surface area contributed by atoms with E-state index in [2.05, 4.69) is 4.98 Å². The average molecular weight is 313 g/mol. The fourth-order valence-corrected chi connectivity index (χ4v) is 2.47. The largest absolute Gasteiger partial charge is 0.594 e. The Hall–Kier alpha value is -0.990. The van der Waals surface area contributed by atoms with Crippen LogP contribution in [-0.2, 0) is 28.1 Å². The van der Waals surface area contributed by atoms with Crippen LogP contribution in [0.5, 0.6) is 0 Å². The zero-order chi connectivity index (χ0) is 14.2. The van der Waals surface area contributed by atoms with Gasteiger partial charge in [0.2, 0.25) is 0 Å². The highest BCUT2D eigenvalue weighted by Gasteiger charge is 2.43. The summed E-state index contributed by atoms with van der Waals surface area (Å²) in [5.41, 5.74) is 1.03. The lowest BCUT2D eigenvalue weighted by atomic mass is 10.1. The normalized spacial score (nSPS) is 17.0. The van der Waals surface area contributed by atoms with Gasteiger partial charge in [0.05, 0.1) is 6.20 Å². The number of rotatable bonds is 1. The zero-order valence-electron chi connectivity index (χ0n) is 9.41. The van der Waals surface area contributed by atoms with Crippen molar-refractivity contribution in [1.29, 1.82) is 0 Å². The van der Waals surface area contributed by atoms with E-state index >= 15 is 0 Å². The van der Waals surface area contributed by atoms with E-state index in [1.807, 2.05) is 0 Å². The number of fused-ring (bicyclic) bond motifs is 1. The molecule has 0 aliphatic carbocycles. The Balaban J connectivity index is 2.23. The number of nitrogens with zero attached hydrogens (tertiary/aromatic N) is 2. The van der Waals surface area contributed by atoms with Crippen LogP contribution < -0.4 is 0 Å². The maximum atomic E-state index is 12.3. The van der Waals surface area contributed by atoms with Crippen LogP contribution in [-0.4, -0.2) is 33.1 Å². The summed E-state index contributed by atoms with van der Waals surface area (Å²) < 4.78 is 48.1. The summed E-state index contributed by atoms with van der Waals surface area (Å²) in [7, 11) is 3.61. The van der Waals surface area contributed by atoms with E-state index in [0.717, 1.165) is 0 Å². The minimum Gasteiger partial charge on any atom is -0.594 e. The van der Waals surface area contributed by atoms with E-state index in [9.17, 15) is 22.5 Å². The molecule has 1 unspecified atom stereocenters. The first-order valence-corrected chi connectivity index (χ1v) is 7.18. The van der Waals surface area contributed by atoms with Crippen molar-refractivity contribution in [3.63, 3.8) is 0 Å². The smallest absolute Gasteiger partial charge is 0.471 e. The van der Waals surface area contributed by atoms with Crippen LogP contribution in [0.1, 0.15) is 11.3 Å². The van der Waals surface area contributed by atoms with Crippen LogP contribution in [0.4, 0.5) is 13.2 Å². The van der Waals surface area contributed by atoms with Crippen molar-refractivity contribution in [1.82, 2.24) is 9.88 Å². The lowest BCUT2D eigenvalue weighted by Crippen LogP contribution is -2.43. The molecule has 1 aliphatic heterocycles. The number of carbonyl (C=O) groups is 1. The van der Waals surface area contributed by atoms with Crippen LogP contribution in [0.25, 0.3) is 0 Å². The molecule has 1 aliphatic rings. The Kier molecular flexibility index (Phi) is 3.93. The Bertz CT molecular complexity index is 510. The molecule has 0 saturated heterocycles. The number of pyridine rings is 1. The van der Waals surface area contributed by atoms with E-state index in [0.29, 0.717) is 16.2 Å². The van der Waals surface area contributed by atoms with Crippen LogP contribution in [0.3, 0.4) is 0 Å². The molecule has 0 aromatic carbocycles. The molecule has 0 N–H and O–H groups in total. The van der Waals surface area contributed by atoms with E-state index in [1.165, 1.54) is 12.3 Å². The Morgan fingerprint density at radius 1 is 1.53 bits per heavy atom. The monoisotopic (exact) mass is 312 g/mol. The van der Waals surface area contributed by atoms with E-state index < -0.39 is 22.5 Å². The van der Waals surface area contributed by atoms with Crippen LogP contribution in [0.2, 0.25) is 0 Å². The number of halogens is 4. The van der Waals surface area contributed by atoms with Crippen molar-refractivity contribution in [3.8, 4) is 0 Å². The molecule has 19 heavy (non-hydrogen) atoms. The third-order valence-corrected chi connectivity index (χ3v) is 3.86. The second-order valence-electron chi connectivity index (χ2n) is 3.97. The van der Waals surface area contributed by atoms with E-state index in [4.69, 9.17) is 10.7 Å². The molecular formula is C10H8ClF3N2O2S. The van der Waals surface area contributed by atoms with Crippen LogP contribution >= 0.6 is 10.7 Å². The zero-order valence-corrected chi connectivity index (χ0v) is 11.0. The Morgan fingerprint density at radius 3 is 2.79 bits per heavy atom. The molecule has 9 heteroatoms. The molecule has 2 heterocycles. The highest BCUT2D eigenvalue weighted by Crippen LogP contribution is 2.26. The third kappa shape index (κ3) is 3.13. The molecule has 104 valence electrons. The predicted octanol–water partition coefficient (Wildman–Crippen LogP) is 1.79. The van der Waals surface area contributed by atoms with Crippen molar-refractivity contribution in [2.24, 2.45) is 0 Å². The quantitative estimate of drug-likeness (QED) is 0.743. The maximum Gasteiger partial charge on any atom is 0.471 e. The van der Waals surface area contributed by atoms with Gasteiger partial charge in [0.25, 0.3) is 0 Å². The minimum atomic E-state index is -4.89. The molecular weight excluding hydrogens is 305 g/mol. The summed E-state index contributed by atoms with van der Waals surface area (Å²) in [6.07, 6.45) is -3.34. The van der Waals surface area contributed by atoms with Gasteiger partial charge in [-0.3, -0.25) is 9.78 Å². The maximum absolute atomic E-state index is 12.3. The van der Waals surface area contributed by atoms with Crippen LogP contribution in [0.15, 0.2) is 17.2 Å². The van der Waals surface area contributed by atoms with Gasteiger partial charge in [-0.15, -0.1) is 0 Å². The average Bonchev–Trinajstić information content (AvgIpc) is 2.35. The number of amides is 1. The first-order valence-electron chi connectivity index (χ1n) is 5.21. The lowest BCUT2D eigenvalue weighted by molar-refractivity contribution is -0.186. The number of hydrogen-bond acceptors (Lipinski definition) is 3. The summed E-state index contributed by atoms with van der Waals surface area (Å²) in [4.78, 5) is 16.1. The molecule has 1 atom stereocenters. The number of hydrogen-bond donors (Lipinski definition) is 0. The SMILES string of the molecule is O=C(N1CCc2ncc([S+]([O-])Cl)cc2C1)C(F)(F)F. The summed E-state index contributed by atoms with van der Waals surface area (Å²) in [5.74, 6) is -1.88. The predicted molar refractivity (Wildman–Crippen MR) is 61.7 cm³/mol. The van der Waals surface area contributed by atoms with Gasteiger partial charge in [-0.25, -0.2) is 0 Å². The molecule has 4 nitrogen and oxygen atoms in total. The van der Waals surface area contributed by atoms with Gasteiger partial charge in [-0.2, -0.15) is 13.2 Å². The number of alkyl halides is 3. The summed E-state index contributed by atoms with van der Waals surface area (Å²) in [6.45, 7) is -0.246. The van der Waals surface area contributed by atoms with E-state index in [-0.39, 0.29) is 24.4 Å². The lowest BCUT2D eigenvalue weighted by Gasteiger charge is -2.28. The first kappa shape index (κ1) is 14.4. The fourth-order valence-electron chi connectivity index (χ4n) is 1.84. The highest BCUT2D eigenvalue weighted by atomic mass is 35.7. The first-order chi connectivity index (χ1) is 8.79. The number of aromatic nitrogens is 1. The molecule has 1 amide bonds. The fraction of sp³-hybridized carbons (Fsp3) is 0.400. The van der Waals surface area contributed by atoms with Gasteiger partial charge in [0.15, 0.2) is 15.6 Å². The Labute approximate surface area is 114 Å². The summed E-state index contributed by atoms with van der Waals surface area (Å²) >= 11 is 0.